The maximum atomic E-state index is 4.47. The van der Waals surface area contributed by atoms with Gasteiger partial charge in [-0.25, -0.2) is 4.98 Å². The minimum Gasteiger partial charge on any atom is -0.311 e. The fourth-order valence-corrected chi connectivity index (χ4v) is 3.30. The highest BCUT2D eigenvalue weighted by atomic mass is 32.1. The molecule has 0 aliphatic carbocycles. The van der Waals surface area contributed by atoms with Gasteiger partial charge in [-0.3, -0.25) is 4.90 Å². The molecule has 3 atom stereocenters. The number of rotatable bonds is 2. The summed E-state index contributed by atoms with van der Waals surface area (Å²) < 4.78 is 0. The Morgan fingerprint density at radius 3 is 2.78 bits per heavy atom. The van der Waals surface area contributed by atoms with Gasteiger partial charge in [-0.05, 0) is 19.3 Å². The lowest BCUT2D eigenvalue weighted by atomic mass is 9.84. The average molecular weight is 267 g/mol. The Bertz CT molecular complexity index is 369. The van der Waals surface area contributed by atoms with E-state index in [2.05, 4.69) is 55.2 Å². The lowest BCUT2D eigenvalue weighted by Crippen LogP contribution is -2.59. The van der Waals surface area contributed by atoms with Gasteiger partial charge >= 0.3 is 0 Å². The maximum Gasteiger partial charge on any atom is 0.109 e. The van der Waals surface area contributed by atoms with Gasteiger partial charge in [-0.1, -0.05) is 20.8 Å². The second kappa shape index (κ2) is 5.27. The molecule has 0 amide bonds. The lowest BCUT2D eigenvalue weighted by molar-refractivity contribution is 0.0627. The normalized spacial score (nSPS) is 28.3. The smallest absolute Gasteiger partial charge is 0.109 e. The van der Waals surface area contributed by atoms with Gasteiger partial charge in [0.1, 0.15) is 5.01 Å². The van der Waals surface area contributed by atoms with Crippen molar-refractivity contribution in [3.05, 3.63) is 16.6 Å². The second-order valence-electron chi connectivity index (χ2n) is 6.42. The summed E-state index contributed by atoms with van der Waals surface area (Å²) in [7, 11) is 0. The predicted molar refractivity (Wildman–Crippen MR) is 77.9 cm³/mol. The summed E-state index contributed by atoms with van der Waals surface area (Å²) >= 11 is 1.76. The van der Waals surface area contributed by atoms with Crippen LogP contribution in [-0.2, 0) is 0 Å². The minimum atomic E-state index is 0.307. The number of thiazole rings is 1. The Morgan fingerprint density at radius 2 is 2.22 bits per heavy atom. The van der Waals surface area contributed by atoms with E-state index in [0.29, 0.717) is 23.5 Å². The van der Waals surface area contributed by atoms with E-state index in [4.69, 9.17) is 0 Å². The van der Waals surface area contributed by atoms with Crippen LogP contribution in [0.5, 0.6) is 0 Å². The highest BCUT2D eigenvalue weighted by Gasteiger charge is 2.35. The van der Waals surface area contributed by atoms with Crippen LogP contribution in [0.2, 0.25) is 0 Å². The molecule has 3 unspecified atom stereocenters. The largest absolute Gasteiger partial charge is 0.311 e. The fraction of sp³-hybridized carbons (Fsp3) is 0.786. The molecule has 1 N–H and O–H groups in total. The Balaban J connectivity index is 2.10. The van der Waals surface area contributed by atoms with Crippen LogP contribution in [0.1, 0.15) is 45.7 Å². The Morgan fingerprint density at radius 1 is 1.50 bits per heavy atom. The quantitative estimate of drug-likeness (QED) is 0.893. The first-order valence-corrected chi connectivity index (χ1v) is 7.66. The van der Waals surface area contributed by atoms with Gasteiger partial charge in [0, 0.05) is 36.8 Å². The van der Waals surface area contributed by atoms with Gasteiger partial charge in [-0.15, -0.1) is 11.3 Å². The van der Waals surface area contributed by atoms with Crippen molar-refractivity contribution in [2.45, 2.75) is 52.7 Å². The third-order valence-corrected chi connectivity index (χ3v) is 4.92. The molecule has 0 aromatic carbocycles. The van der Waals surface area contributed by atoms with E-state index in [1.54, 1.807) is 11.3 Å². The molecular weight excluding hydrogens is 242 g/mol. The molecule has 0 radical (unpaired) electrons. The first-order chi connectivity index (χ1) is 8.39. The number of nitrogens with zero attached hydrogens (tertiary/aromatic N) is 2. The third kappa shape index (κ3) is 2.92. The van der Waals surface area contributed by atoms with Crippen LogP contribution in [0, 0.1) is 5.41 Å². The summed E-state index contributed by atoms with van der Waals surface area (Å²) in [6.45, 7) is 13.7. The van der Waals surface area contributed by atoms with Crippen LogP contribution < -0.4 is 5.32 Å². The van der Waals surface area contributed by atoms with Crippen molar-refractivity contribution in [2.75, 3.05) is 13.1 Å². The van der Waals surface area contributed by atoms with E-state index in [-0.39, 0.29) is 0 Å². The zero-order valence-electron chi connectivity index (χ0n) is 12.1. The molecule has 1 fully saturated rings. The zero-order valence-corrected chi connectivity index (χ0v) is 12.9. The molecule has 1 aliphatic heterocycles. The number of hydrogen-bond acceptors (Lipinski definition) is 4. The van der Waals surface area contributed by atoms with E-state index in [9.17, 15) is 0 Å². The SMILES string of the molecule is CC1CNC(C(C)(C)C)CN1C(C)c1nccs1. The van der Waals surface area contributed by atoms with E-state index >= 15 is 0 Å². The summed E-state index contributed by atoms with van der Waals surface area (Å²) in [5, 5.41) is 6.98. The lowest BCUT2D eigenvalue weighted by Gasteiger charge is -2.46. The van der Waals surface area contributed by atoms with Gasteiger partial charge in [0.25, 0.3) is 0 Å². The van der Waals surface area contributed by atoms with Crippen molar-refractivity contribution in [2.24, 2.45) is 5.41 Å². The molecule has 0 spiro atoms. The molecule has 0 bridgehead atoms. The van der Waals surface area contributed by atoms with Crippen LogP contribution in [0.3, 0.4) is 0 Å². The van der Waals surface area contributed by atoms with Crippen LogP contribution in [0.25, 0.3) is 0 Å². The van der Waals surface area contributed by atoms with E-state index in [1.807, 2.05) is 6.20 Å². The van der Waals surface area contributed by atoms with E-state index in [1.165, 1.54) is 5.01 Å². The molecular formula is C14H25N3S. The van der Waals surface area contributed by atoms with Crippen molar-refractivity contribution in [3.63, 3.8) is 0 Å². The highest BCUT2D eigenvalue weighted by Crippen LogP contribution is 2.30. The first kappa shape index (κ1) is 14.0. The number of hydrogen-bond donors (Lipinski definition) is 1. The first-order valence-electron chi connectivity index (χ1n) is 6.78. The standard InChI is InChI=1S/C14H25N3S/c1-10-8-16-12(14(3,4)5)9-17(10)11(2)13-15-6-7-18-13/h6-7,10-12,16H,8-9H2,1-5H3. The fourth-order valence-electron chi connectivity index (χ4n) is 2.59. The van der Waals surface area contributed by atoms with Gasteiger partial charge < -0.3 is 5.32 Å². The van der Waals surface area contributed by atoms with Crippen LogP contribution in [0.15, 0.2) is 11.6 Å². The van der Waals surface area contributed by atoms with E-state index in [0.717, 1.165) is 13.1 Å². The Labute approximate surface area is 115 Å². The van der Waals surface area contributed by atoms with Crippen molar-refractivity contribution < 1.29 is 0 Å². The van der Waals surface area contributed by atoms with Crippen molar-refractivity contribution in [1.29, 1.82) is 0 Å². The van der Waals surface area contributed by atoms with Crippen molar-refractivity contribution in [1.82, 2.24) is 15.2 Å². The maximum absolute atomic E-state index is 4.47. The van der Waals surface area contributed by atoms with Crippen LogP contribution in [0.4, 0.5) is 0 Å². The third-order valence-electron chi connectivity index (χ3n) is 3.97. The summed E-state index contributed by atoms with van der Waals surface area (Å²) in [6, 6.07) is 1.55. The highest BCUT2D eigenvalue weighted by molar-refractivity contribution is 7.09. The number of piperazine rings is 1. The molecule has 1 saturated heterocycles. The molecule has 1 aromatic rings. The summed E-state index contributed by atoms with van der Waals surface area (Å²) in [6.07, 6.45) is 1.91. The molecule has 0 saturated carbocycles. The predicted octanol–water partition coefficient (Wildman–Crippen LogP) is 2.91. The zero-order chi connectivity index (χ0) is 13.3. The minimum absolute atomic E-state index is 0.307. The summed E-state index contributed by atoms with van der Waals surface area (Å²) in [5.41, 5.74) is 0.307. The molecule has 2 heterocycles. The molecule has 102 valence electrons. The van der Waals surface area contributed by atoms with Gasteiger partial charge in [0.2, 0.25) is 0 Å². The molecule has 1 aromatic heterocycles. The molecule has 3 nitrogen and oxygen atoms in total. The molecule has 4 heteroatoms. The van der Waals surface area contributed by atoms with Crippen molar-refractivity contribution >= 4 is 11.3 Å². The average Bonchev–Trinajstić information content (AvgIpc) is 2.80. The van der Waals surface area contributed by atoms with Crippen LogP contribution in [-0.4, -0.2) is 35.1 Å². The Hall–Kier alpha value is -0.450. The summed E-state index contributed by atoms with van der Waals surface area (Å²) in [4.78, 5) is 7.06. The molecule has 1 aliphatic rings. The monoisotopic (exact) mass is 267 g/mol. The second-order valence-corrected chi connectivity index (χ2v) is 7.35. The van der Waals surface area contributed by atoms with Crippen molar-refractivity contribution in [3.8, 4) is 0 Å². The Kier molecular flexibility index (Phi) is 4.09. The van der Waals surface area contributed by atoms with Gasteiger partial charge in [-0.2, -0.15) is 0 Å². The molecule has 2 rings (SSSR count). The van der Waals surface area contributed by atoms with Crippen LogP contribution >= 0.6 is 11.3 Å². The van der Waals surface area contributed by atoms with Gasteiger partial charge in [0.15, 0.2) is 0 Å². The molecule has 18 heavy (non-hydrogen) atoms. The number of nitrogens with one attached hydrogen (secondary N) is 1. The van der Waals surface area contributed by atoms with Gasteiger partial charge in [0.05, 0.1) is 6.04 Å². The number of aromatic nitrogens is 1. The topological polar surface area (TPSA) is 28.2 Å². The summed E-state index contributed by atoms with van der Waals surface area (Å²) in [5.74, 6) is 0. The van der Waals surface area contributed by atoms with E-state index < -0.39 is 0 Å².